The van der Waals surface area contributed by atoms with Crippen LogP contribution in [0.4, 0.5) is 4.79 Å². The fourth-order valence-corrected chi connectivity index (χ4v) is 2.19. The summed E-state index contributed by atoms with van der Waals surface area (Å²) in [6, 6.07) is 0. The lowest BCUT2D eigenvalue weighted by Gasteiger charge is -2.26. The van der Waals surface area contributed by atoms with Crippen LogP contribution in [0.2, 0.25) is 0 Å². The molecule has 0 radical (unpaired) electrons. The average molecular weight is 326 g/mol. The van der Waals surface area contributed by atoms with E-state index in [2.05, 4.69) is 0 Å². The van der Waals surface area contributed by atoms with Gasteiger partial charge in [0.2, 0.25) is 5.91 Å². The first kappa shape index (κ1) is 19.0. The molecule has 1 aliphatic heterocycles. The quantitative estimate of drug-likeness (QED) is 0.783. The molecule has 7 nitrogen and oxygen atoms in total. The molecule has 0 bridgehead atoms. The van der Waals surface area contributed by atoms with Crippen molar-refractivity contribution in [3.8, 4) is 0 Å². The summed E-state index contributed by atoms with van der Waals surface area (Å²) in [7, 11) is 0. The van der Waals surface area contributed by atoms with Crippen LogP contribution in [0.1, 0.15) is 41.0 Å². The van der Waals surface area contributed by atoms with Crippen molar-refractivity contribution in [1.29, 1.82) is 0 Å². The third-order valence-corrected chi connectivity index (χ3v) is 3.64. The van der Waals surface area contributed by atoms with Gasteiger partial charge >= 0.3 is 12.1 Å². The van der Waals surface area contributed by atoms with Crippen molar-refractivity contribution in [3.63, 3.8) is 0 Å². The van der Waals surface area contributed by atoms with Crippen LogP contribution in [0.25, 0.3) is 0 Å². The molecular formula is C16H26N2O5. The maximum Gasteiger partial charge on any atom is 0.410 e. The molecule has 0 atom stereocenters. The number of rotatable bonds is 2. The Kier molecular flexibility index (Phi) is 6.18. The largest absolute Gasteiger partial charge is 0.478 e. The summed E-state index contributed by atoms with van der Waals surface area (Å²) in [4.78, 5) is 38.6. The predicted molar refractivity (Wildman–Crippen MR) is 85.0 cm³/mol. The molecule has 0 spiro atoms. The summed E-state index contributed by atoms with van der Waals surface area (Å²) in [5.74, 6) is -1.39. The Bertz CT molecular complexity index is 519. The molecule has 2 amide bonds. The lowest BCUT2D eigenvalue weighted by molar-refractivity contribution is -0.133. The first-order valence-electron chi connectivity index (χ1n) is 7.71. The second-order valence-corrected chi connectivity index (χ2v) is 6.67. The van der Waals surface area contributed by atoms with Gasteiger partial charge in [-0.2, -0.15) is 0 Å². The molecule has 1 fully saturated rings. The molecule has 23 heavy (non-hydrogen) atoms. The number of carbonyl (C=O) groups excluding carboxylic acids is 2. The normalized spacial score (nSPS) is 17.3. The van der Waals surface area contributed by atoms with Crippen molar-refractivity contribution in [2.24, 2.45) is 0 Å². The zero-order valence-corrected chi connectivity index (χ0v) is 14.5. The molecule has 130 valence electrons. The maximum absolute atomic E-state index is 12.4. The zero-order valence-electron chi connectivity index (χ0n) is 14.5. The third-order valence-electron chi connectivity index (χ3n) is 3.64. The van der Waals surface area contributed by atoms with Gasteiger partial charge in [0.15, 0.2) is 0 Å². The monoisotopic (exact) mass is 326 g/mol. The molecular weight excluding hydrogens is 300 g/mol. The molecule has 0 saturated carbocycles. The Morgan fingerprint density at radius 2 is 1.43 bits per heavy atom. The second kappa shape index (κ2) is 7.48. The van der Waals surface area contributed by atoms with Gasteiger partial charge in [-0.25, -0.2) is 9.59 Å². The van der Waals surface area contributed by atoms with Gasteiger partial charge in [-0.05, 0) is 41.0 Å². The first-order valence-corrected chi connectivity index (χ1v) is 7.71. The summed E-state index contributed by atoms with van der Waals surface area (Å²) < 4.78 is 5.34. The van der Waals surface area contributed by atoms with Crippen LogP contribution in [-0.2, 0) is 14.3 Å². The van der Waals surface area contributed by atoms with Crippen molar-refractivity contribution >= 4 is 18.0 Å². The lowest BCUT2D eigenvalue weighted by Crippen LogP contribution is -2.40. The Labute approximate surface area is 136 Å². The molecule has 0 aromatic rings. The van der Waals surface area contributed by atoms with Gasteiger partial charge in [-0.1, -0.05) is 0 Å². The molecule has 1 aliphatic rings. The highest BCUT2D eigenvalue weighted by atomic mass is 16.6. The zero-order chi connectivity index (χ0) is 17.8. The van der Waals surface area contributed by atoms with E-state index in [0.717, 1.165) is 0 Å². The third kappa shape index (κ3) is 5.58. The van der Waals surface area contributed by atoms with Gasteiger partial charge in [0.1, 0.15) is 5.60 Å². The van der Waals surface area contributed by atoms with E-state index in [0.29, 0.717) is 32.6 Å². The van der Waals surface area contributed by atoms with Gasteiger partial charge in [0, 0.05) is 37.3 Å². The van der Waals surface area contributed by atoms with E-state index in [1.54, 1.807) is 30.6 Å². The van der Waals surface area contributed by atoms with Crippen molar-refractivity contribution in [3.05, 3.63) is 11.1 Å². The van der Waals surface area contributed by atoms with Crippen LogP contribution in [0.3, 0.4) is 0 Å². The number of amides is 2. The predicted octanol–water partition coefficient (Wildman–Crippen LogP) is 1.88. The van der Waals surface area contributed by atoms with E-state index < -0.39 is 11.6 Å². The van der Waals surface area contributed by atoms with Crippen molar-refractivity contribution in [2.75, 3.05) is 26.2 Å². The molecule has 1 saturated heterocycles. The fraction of sp³-hybridized carbons (Fsp3) is 0.688. The van der Waals surface area contributed by atoms with E-state index in [9.17, 15) is 14.4 Å². The van der Waals surface area contributed by atoms with E-state index in [-0.39, 0.29) is 23.1 Å². The molecule has 1 rings (SSSR count). The number of carboxylic acid groups (broad SMARTS) is 1. The van der Waals surface area contributed by atoms with Crippen LogP contribution in [0.15, 0.2) is 11.1 Å². The summed E-state index contributed by atoms with van der Waals surface area (Å²) in [6.07, 6.45) is 0.241. The van der Waals surface area contributed by atoms with Crippen LogP contribution >= 0.6 is 0 Å². The number of ether oxygens (including phenoxy) is 1. The van der Waals surface area contributed by atoms with Crippen LogP contribution < -0.4 is 0 Å². The van der Waals surface area contributed by atoms with E-state index >= 15 is 0 Å². The maximum atomic E-state index is 12.4. The Morgan fingerprint density at radius 1 is 0.913 bits per heavy atom. The molecule has 0 aromatic carbocycles. The van der Waals surface area contributed by atoms with Crippen molar-refractivity contribution in [2.45, 2.75) is 46.6 Å². The summed E-state index contributed by atoms with van der Waals surface area (Å²) in [5.41, 5.74) is -0.289. The van der Waals surface area contributed by atoms with E-state index in [1.165, 1.54) is 13.8 Å². The minimum absolute atomic E-state index is 0.0447. The van der Waals surface area contributed by atoms with Crippen molar-refractivity contribution in [1.82, 2.24) is 9.80 Å². The summed E-state index contributed by atoms with van der Waals surface area (Å²) in [5, 5.41) is 8.98. The highest BCUT2D eigenvalue weighted by molar-refractivity contribution is 6.01. The fourth-order valence-electron chi connectivity index (χ4n) is 2.19. The number of carboxylic acids is 1. The summed E-state index contributed by atoms with van der Waals surface area (Å²) >= 11 is 0. The first-order chi connectivity index (χ1) is 10.5. The number of hydrogen-bond donors (Lipinski definition) is 1. The van der Waals surface area contributed by atoms with E-state index in [4.69, 9.17) is 9.84 Å². The second-order valence-electron chi connectivity index (χ2n) is 6.67. The molecule has 0 aromatic heterocycles. The highest BCUT2D eigenvalue weighted by Gasteiger charge is 2.27. The van der Waals surface area contributed by atoms with Gasteiger partial charge in [0.05, 0.1) is 0 Å². The van der Waals surface area contributed by atoms with Gasteiger partial charge in [-0.3, -0.25) is 4.79 Å². The molecule has 0 aliphatic carbocycles. The minimum atomic E-state index is -1.10. The van der Waals surface area contributed by atoms with Gasteiger partial charge in [0.25, 0.3) is 0 Å². The molecule has 1 N–H and O–H groups in total. The van der Waals surface area contributed by atoms with E-state index in [1.807, 2.05) is 0 Å². The number of aliphatic carboxylic acids is 1. The number of hydrogen-bond acceptors (Lipinski definition) is 4. The van der Waals surface area contributed by atoms with Gasteiger partial charge in [-0.15, -0.1) is 0 Å². The Morgan fingerprint density at radius 3 is 1.96 bits per heavy atom. The summed E-state index contributed by atoms with van der Waals surface area (Å²) in [6.45, 7) is 10.1. The standard InChI is InChI=1S/C16H26N2O5/c1-11(12(2)14(20)21)13(19)17-7-6-8-18(10-9-17)15(22)23-16(3,4)5/h6-10H2,1-5H3,(H,20,21). The molecule has 1 heterocycles. The molecule has 7 heteroatoms. The smallest absolute Gasteiger partial charge is 0.410 e. The topological polar surface area (TPSA) is 87.2 Å². The Hall–Kier alpha value is -2.05. The minimum Gasteiger partial charge on any atom is -0.478 e. The van der Waals surface area contributed by atoms with Crippen LogP contribution in [0, 0.1) is 0 Å². The van der Waals surface area contributed by atoms with Crippen molar-refractivity contribution < 1.29 is 24.2 Å². The highest BCUT2D eigenvalue weighted by Crippen LogP contribution is 2.14. The molecule has 0 unspecified atom stereocenters. The van der Waals surface area contributed by atoms with Crippen LogP contribution in [0.5, 0.6) is 0 Å². The van der Waals surface area contributed by atoms with Crippen LogP contribution in [-0.4, -0.2) is 64.7 Å². The van der Waals surface area contributed by atoms with Gasteiger partial charge < -0.3 is 19.6 Å². The Balaban J connectivity index is 2.72. The number of carbonyl (C=O) groups is 3. The number of nitrogens with zero attached hydrogens (tertiary/aromatic N) is 2. The average Bonchev–Trinajstić information content (AvgIpc) is 2.68. The lowest BCUT2D eigenvalue weighted by atomic mass is 10.1. The SMILES string of the molecule is CC(C(=O)O)=C(C)C(=O)N1CCCN(C(=O)OC(C)(C)C)CC1.